The minimum Gasteiger partial charge on any atom is -0.462 e. The van der Waals surface area contributed by atoms with Gasteiger partial charge in [-0.25, -0.2) is 9.78 Å². The zero-order valence-electron chi connectivity index (χ0n) is 15.3. The van der Waals surface area contributed by atoms with E-state index >= 15 is 0 Å². The van der Waals surface area contributed by atoms with Gasteiger partial charge in [0.2, 0.25) is 5.91 Å². The molecular weight excluding hydrogens is 384 g/mol. The Hall–Kier alpha value is -2.32. The molecule has 1 N–H and O–H groups in total. The van der Waals surface area contributed by atoms with Crippen LogP contribution in [0.25, 0.3) is 11.1 Å². The molecule has 142 valence electrons. The Kier molecular flexibility index (Phi) is 6.18. The standard InChI is InChI=1S/C19H20N2O4S2/c1-4-24-18(23)12-9-15(11(2)3)27-17(12)21-16(22)10-26-19-20-13-7-5-6-8-14(13)25-19/h5-9,11H,4,10H2,1-3H3,(H,21,22). The highest BCUT2D eigenvalue weighted by Gasteiger charge is 2.20. The summed E-state index contributed by atoms with van der Waals surface area (Å²) in [7, 11) is 0. The summed E-state index contributed by atoms with van der Waals surface area (Å²) in [6, 6.07) is 9.22. The van der Waals surface area contributed by atoms with Crippen LogP contribution in [0.4, 0.5) is 5.00 Å². The second kappa shape index (κ2) is 8.58. The Labute approximate surface area is 165 Å². The molecule has 0 atom stereocenters. The fourth-order valence-corrected chi connectivity index (χ4v) is 4.05. The summed E-state index contributed by atoms with van der Waals surface area (Å²) in [6.07, 6.45) is 0. The van der Waals surface area contributed by atoms with Crippen LogP contribution in [0.3, 0.4) is 0 Å². The molecule has 0 radical (unpaired) electrons. The number of anilines is 1. The van der Waals surface area contributed by atoms with Crippen molar-refractivity contribution in [1.82, 2.24) is 4.98 Å². The first kappa shape index (κ1) is 19.4. The van der Waals surface area contributed by atoms with Crippen molar-refractivity contribution in [2.45, 2.75) is 31.9 Å². The number of thiophene rings is 1. The van der Waals surface area contributed by atoms with Crippen molar-refractivity contribution in [2.75, 3.05) is 17.7 Å². The summed E-state index contributed by atoms with van der Waals surface area (Å²) in [5.41, 5.74) is 1.83. The number of carbonyl (C=O) groups excluding carboxylic acids is 2. The van der Waals surface area contributed by atoms with Crippen LogP contribution in [0.2, 0.25) is 0 Å². The van der Waals surface area contributed by atoms with Crippen molar-refractivity contribution in [3.05, 3.63) is 40.8 Å². The third kappa shape index (κ3) is 4.70. The number of fused-ring (bicyclic) bond motifs is 1. The summed E-state index contributed by atoms with van der Waals surface area (Å²) >= 11 is 2.60. The molecule has 0 spiro atoms. The molecule has 3 rings (SSSR count). The van der Waals surface area contributed by atoms with Crippen LogP contribution in [0.5, 0.6) is 0 Å². The summed E-state index contributed by atoms with van der Waals surface area (Å²) in [5, 5.41) is 3.77. The van der Waals surface area contributed by atoms with Crippen molar-refractivity contribution in [1.29, 1.82) is 0 Å². The highest BCUT2D eigenvalue weighted by atomic mass is 32.2. The largest absolute Gasteiger partial charge is 0.462 e. The van der Waals surface area contributed by atoms with Gasteiger partial charge >= 0.3 is 5.97 Å². The second-order valence-corrected chi connectivity index (χ2v) is 8.06. The number of hydrogen-bond donors (Lipinski definition) is 1. The predicted molar refractivity (Wildman–Crippen MR) is 108 cm³/mol. The molecule has 1 amide bonds. The maximum absolute atomic E-state index is 12.4. The first-order valence-corrected chi connectivity index (χ1v) is 10.4. The number of carbonyl (C=O) groups is 2. The van der Waals surface area contributed by atoms with Crippen LogP contribution in [0, 0.1) is 0 Å². The van der Waals surface area contributed by atoms with Crippen molar-refractivity contribution in [3.8, 4) is 0 Å². The van der Waals surface area contributed by atoms with Crippen LogP contribution < -0.4 is 5.32 Å². The zero-order chi connectivity index (χ0) is 19.4. The molecule has 0 bridgehead atoms. The molecule has 0 unspecified atom stereocenters. The van der Waals surface area contributed by atoms with Gasteiger partial charge in [0.15, 0.2) is 5.58 Å². The molecule has 0 saturated heterocycles. The maximum Gasteiger partial charge on any atom is 0.341 e. The highest BCUT2D eigenvalue weighted by Crippen LogP contribution is 2.33. The lowest BCUT2D eigenvalue weighted by Gasteiger charge is -2.05. The van der Waals surface area contributed by atoms with Crippen LogP contribution in [0.1, 0.15) is 41.9 Å². The van der Waals surface area contributed by atoms with Crippen LogP contribution in [0.15, 0.2) is 40.0 Å². The Morgan fingerprint density at radius 3 is 2.81 bits per heavy atom. The third-order valence-electron chi connectivity index (χ3n) is 3.67. The molecule has 0 fully saturated rings. The Morgan fingerprint density at radius 1 is 1.33 bits per heavy atom. The minimum absolute atomic E-state index is 0.129. The first-order valence-electron chi connectivity index (χ1n) is 8.57. The first-order chi connectivity index (χ1) is 13.0. The van der Waals surface area contributed by atoms with E-state index in [-0.39, 0.29) is 24.2 Å². The number of rotatable bonds is 7. The molecule has 1 aromatic carbocycles. The van der Waals surface area contributed by atoms with Gasteiger partial charge in [-0.2, -0.15) is 0 Å². The van der Waals surface area contributed by atoms with E-state index in [0.717, 1.165) is 10.4 Å². The lowest BCUT2D eigenvalue weighted by molar-refractivity contribution is -0.113. The average molecular weight is 405 g/mol. The summed E-state index contributed by atoms with van der Waals surface area (Å²) in [4.78, 5) is 29.9. The molecular formula is C19H20N2O4S2. The van der Waals surface area contributed by atoms with E-state index in [1.165, 1.54) is 23.1 Å². The molecule has 2 heterocycles. The van der Waals surface area contributed by atoms with Gasteiger partial charge < -0.3 is 14.5 Å². The van der Waals surface area contributed by atoms with E-state index in [1.54, 1.807) is 13.0 Å². The van der Waals surface area contributed by atoms with Crippen LogP contribution in [-0.4, -0.2) is 29.2 Å². The Bertz CT molecular complexity index is 929. The zero-order valence-corrected chi connectivity index (χ0v) is 16.9. The fraction of sp³-hybridized carbons (Fsp3) is 0.316. The van der Waals surface area contributed by atoms with Gasteiger partial charge in [-0.15, -0.1) is 11.3 Å². The number of nitrogens with zero attached hydrogens (tertiary/aromatic N) is 1. The quantitative estimate of drug-likeness (QED) is 0.445. The maximum atomic E-state index is 12.4. The van der Waals surface area contributed by atoms with Crippen molar-refractivity contribution in [3.63, 3.8) is 0 Å². The third-order valence-corrected chi connectivity index (χ3v) is 5.85. The lowest BCUT2D eigenvalue weighted by Crippen LogP contribution is -2.15. The van der Waals surface area contributed by atoms with E-state index < -0.39 is 5.97 Å². The molecule has 0 saturated carbocycles. The van der Waals surface area contributed by atoms with Crippen molar-refractivity contribution >= 4 is 51.1 Å². The Morgan fingerprint density at radius 2 is 2.11 bits per heavy atom. The van der Waals surface area contributed by atoms with E-state index in [0.29, 0.717) is 21.4 Å². The molecule has 3 aromatic rings. The molecule has 27 heavy (non-hydrogen) atoms. The highest BCUT2D eigenvalue weighted by molar-refractivity contribution is 7.99. The van der Waals surface area contributed by atoms with E-state index in [2.05, 4.69) is 10.3 Å². The molecule has 0 aliphatic heterocycles. The number of oxazole rings is 1. The monoisotopic (exact) mass is 404 g/mol. The van der Waals surface area contributed by atoms with Crippen molar-refractivity contribution in [2.24, 2.45) is 0 Å². The summed E-state index contributed by atoms with van der Waals surface area (Å²) in [5.74, 6) is -0.278. The average Bonchev–Trinajstić information content (AvgIpc) is 3.24. The van der Waals surface area contributed by atoms with Gasteiger partial charge in [-0.3, -0.25) is 4.79 Å². The number of ether oxygens (including phenoxy) is 1. The molecule has 0 aliphatic rings. The summed E-state index contributed by atoms with van der Waals surface area (Å²) < 4.78 is 10.7. The van der Waals surface area contributed by atoms with Gasteiger partial charge in [0.05, 0.1) is 17.9 Å². The van der Waals surface area contributed by atoms with E-state index in [1.807, 2.05) is 38.1 Å². The second-order valence-electron chi connectivity index (χ2n) is 6.05. The minimum atomic E-state index is -0.428. The van der Waals surface area contributed by atoms with Gasteiger partial charge in [0.1, 0.15) is 10.5 Å². The lowest BCUT2D eigenvalue weighted by atomic mass is 10.1. The number of thioether (sulfide) groups is 1. The normalized spacial score (nSPS) is 11.1. The van der Waals surface area contributed by atoms with Crippen LogP contribution >= 0.6 is 23.1 Å². The number of amides is 1. The van der Waals surface area contributed by atoms with Gasteiger partial charge in [0, 0.05) is 4.88 Å². The van der Waals surface area contributed by atoms with E-state index in [9.17, 15) is 9.59 Å². The number of nitrogens with one attached hydrogen (secondary N) is 1. The Balaban J connectivity index is 1.68. The number of hydrogen-bond acceptors (Lipinski definition) is 7. The van der Waals surface area contributed by atoms with Gasteiger partial charge in [-0.05, 0) is 31.0 Å². The fourth-order valence-electron chi connectivity index (χ4n) is 2.35. The number of benzene rings is 1. The smallest absolute Gasteiger partial charge is 0.341 e. The van der Waals surface area contributed by atoms with E-state index in [4.69, 9.17) is 9.15 Å². The molecule has 2 aromatic heterocycles. The topological polar surface area (TPSA) is 81.4 Å². The SMILES string of the molecule is CCOC(=O)c1cc(C(C)C)sc1NC(=O)CSc1nc2ccccc2o1. The summed E-state index contributed by atoms with van der Waals surface area (Å²) in [6.45, 7) is 6.11. The number of aromatic nitrogens is 1. The predicted octanol–water partition coefficient (Wildman–Crippen LogP) is 4.92. The van der Waals surface area contributed by atoms with Gasteiger partial charge in [0.25, 0.3) is 5.22 Å². The molecule has 8 heteroatoms. The number of esters is 1. The van der Waals surface area contributed by atoms with Crippen LogP contribution in [-0.2, 0) is 9.53 Å². The number of para-hydroxylation sites is 2. The van der Waals surface area contributed by atoms with Crippen molar-refractivity contribution < 1.29 is 18.7 Å². The molecule has 0 aliphatic carbocycles. The molecule has 6 nitrogen and oxygen atoms in total. The van der Waals surface area contributed by atoms with Gasteiger partial charge in [-0.1, -0.05) is 37.7 Å².